The molecule has 0 spiro atoms. The summed E-state index contributed by atoms with van der Waals surface area (Å²) in [6.07, 6.45) is 5.08. The Labute approximate surface area is 119 Å². The molecule has 0 unspecified atom stereocenters. The average Bonchev–Trinajstić information content (AvgIpc) is 2.34. The molecule has 1 aliphatic carbocycles. The summed E-state index contributed by atoms with van der Waals surface area (Å²) >= 11 is 9.24. The Hall–Kier alpha value is -0.650. The summed E-state index contributed by atoms with van der Waals surface area (Å²) in [7, 11) is 0. The number of halogens is 2. The van der Waals surface area contributed by atoms with Gasteiger partial charge in [0.15, 0.2) is 5.15 Å². The monoisotopic (exact) mass is 331 g/mol. The molecule has 2 rings (SSSR count). The van der Waals surface area contributed by atoms with Crippen molar-refractivity contribution in [2.45, 2.75) is 31.7 Å². The molecule has 6 heteroatoms. The minimum Gasteiger partial charge on any atom is -0.328 e. The maximum atomic E-state index is 12.1. The lowest BCUT2D eigenvalue weighted by Crippen LogP contribution is -2.32. The third kappa shape index (κ3) is 3.43. The third-order valence-corrected chi connectivity index (χ3v) is 3.94. The molecule has 1 fully saturated rings. The summed E-state index contributed by atoms with van der Waals surface area (Å²) in [5.74, 6) is 0.0311. The SMILES string of the molecule is NC1CCC(C(=O)Nc2cc(Br)cnc2Cl)CC1. The molecule has 18 heavy (non-hydrogen) atoms. The molecule has 4 nitrogen and oxygen atoms in total. The van der Waals surface area contributed by atoms with Crippen LogP contribution < -0.4 is 11.1 Å². The van der Waals surface area contributed by atoms with Gasteiger partial charge in [-0.15, -0.1) is 0 Å². The largest absolute Gasteiger partial charge is 0.328 e. The van der Waals surface area contributed by atoms with Gasteiger partial charge in [0.05, 0.1) is 5.69 Å². The van der Waals surface area contributed by atoms with E-state index in [1.165, 1.54) is 0 Å². The molecule has 1 aliphatic rings. The van der Waals surface area contributed by atoms with Crippen molar-refractivity contribution in [2.24, 2.45) is 11.7 Å². The van der Waals surface area contributed by atoms with Crippen molar-refractivity contribution in [3.05, 3.63) is 21.9 Å². The zero-order valence-corrected chi connectivity index (χ0v) is 12.2. The Kier molecular flexibility index (Phi) is 4.59. The van der Waals surface area contributed by atoms with Crippen molar-refractivity contribution in [2.75, 3.05) is 5.32 Å². The fraction of sp³-hybridized carbons (Fsp3) is 0.500. The van der Waals surface area contributed by atoms with Gasteiger partial charge in [0.1, 0.15) is 0 Å². The van der Waals surface area contributed by atoms with E-state index in [1.54, 1.807) is 12.3 Å². The first-order valence-electron chi connectivity index (χ1n) is 5.93. The van der Waals surface area contributed by atoms with E-state index in [0.717, 1.165) is 30.2 Å². The maximum Gasteiger partial charge on any atom is 0.227 e. The highest BCUT2D eigenvalue weighted by Crippen LogP contribution is 2.27. The van der Waals surface area contributed by atoms with E-state index < -0.39 is 0 Å². The standard InChI is InChI=1S/C12H15BrClN3O/c13-8-5-10(11(14)16-6-8)17-12(18)7-1-3-9(15)4-2-7/h5-7,9H,1-4,15H2,(H,17,18). The molecule has 0 saturated heterocycles. The van der Waals surface area contributed by atoms with E-state index >= 15 is 0 Å². The van der Waals surface area contributed by atoms with Crippen molar-refractivity contribution in [3.63, 3.8) is 0 Å². The number of hydrogen-bond acceptors (Lipinski definition) is 3. The van der Waals surface area contributed by atoms with E-state index in [9.17, 15) is 4.79 Å². The van der Waals surface area contributed by atoms with E-state index in [0.29, 0.717) is 10.8 Å². The van der Waals surface area contributed by atoms with Crippen LogP contribution in [0.25, 0.3) is 0 Å². The topological polar surface area (TPSA) is 68.0 Å². The van der Waals surface area contributed by atoms with Crippen LogP contribution in [0.15, 0.2) is 16.7 Å². The number of rotatable bonds is 2. The molecule has 3 N–H and O–H groups in total. The highest BCUT2D eigenvalue weighted by Gasteiger charge is 2.25. The summed E-state index contributed by atoms with van der Waals surface area (Å²) in [6, 6.07) is 1.99. The molecular weight excluding hydrogens is 318 g/mol. The lowest BCUT2D eigenvalue weighted by Gasteiger charge is -2.25. The van der Waals surface area contributed by atoms with Crippen LogP contribution in [0.3, 0.4) is 0 Å². The lowest BCUT2D eigenvalue weighted by atomic mass is 9.86. The number of nitrogens with one attached hydrogen (secondary N) is 1. The highest BCUT2D eigenvalue weighted by molar-refractivity contribution is 9.10. The molecule has 1 aromatic rings. The van der Waals surface area contributed by atoms with E-state index in [2.05, 4.69) is 26.2 Å². The molecule has 0 aromatic carbocycles. The van der Waals surface area contributed by atoms with Crippen LogP contribution in [0.1, 0.15) is 25.7 Å². The first-order valence-corrected chi connectivity index (χ1v) is 7.11. The highest BCUT2D eigenvalue weighted by atomic mass is 79.9. The second-order valence-corrected chi connectivity index (χ2v) is 5.87. The maximum absolute atomic E-state index is 12.1. The van der Waals surface area contributed by atoms with Gasteiger partial charge in [-0.2, -0.15) is 0 Å². The van der Waals surface area contributed by atoms with Gasteiger partial charge < -0.3 is 11.1 Å². The van der Waals surface area contributed by atoms with Crippen LogP contribution in [0.5, 0.6) is 0 Å². The van der Waals surface area contributed by atoms with Crippen LogP contribution in [-0.2, 0) is 4.79 Å². The number of hydrogen-bond donors (Lipinski definition) is 2. The zero-order chi connectivity index (χ0) is 13.1. The van der Waals surface area contributed by atoms with Gasteiger partial charge in [-0.05, 0) is 47.7 Å². The second kappa shape index (κ2) is 5.99. The summed E-state index contributed by atoms with van der Waals surface area (Å²) in [5.41, 5.74) is 6.37. The fourth-order valence-corrected chi connectivity index (χ4v) is 2.61. The Bertz CT molecular complexity index is 447. The number of nitrogens with two attached hydrogens (primary N) is 1. The Balaban J connectivity index is 2.00. The van der Waals surface area contributed by atoms with Gasteiger partial charge in [0.25, 0.3) is 0 Å². The molecule has 1 aromatic heterocycles. The van der Waals surface area contributed by atoms with Gasteiger partial charge in [-0.1, -0.05) is 11.6 Å². The van der Waals surface area contributed by atoms with Gasteiger partial charge in [0.2, 0.25) is 5.91 Å². The summed E-state index contributed by atoms with van der Waals surface area (Å²) < 4.78 is 0.785. The number of amides is 1. The predicted octanol–water partition coefficient (Wildman–Crippen LogP) is 2.95. The normalized spacial score (nSPS) is 23.7. The quantitative estimate of drug-likeness (QED) is 0.818. The van der Waals surface area contributed by atoms with Gasteiger partial charge in [0, 0.05) is 22.6 Å². The van der Waals surface area contributed by atoms with Gasteiger partial charge >= 0.3 is 0 Å². The van der Waals surface area contributed by atoms with Crippen molar-refractivity contribution in [1.29, 1.82) is 0 Å². The first kappa shape index (κ1) is 13.8. The number of nitrogens with zero attached hydrogens (tertiary/aromatic N) is 1. The molecule has 0 atom stereocenters. The molecule has 1 saturated carbocycles. The number of anilines is 1. The molecule has 98 valence electrons. The van der Waals surface area contributed by atoms with Gasteiger partial charge in [-0.3, -0.25) is 4.79 Å². The second-order valence-electron chi connectivity index (χ2n) is 4.59. The van der Waals surface area contributed by atoms with Crippen LogP contribution in [0.2, 0.25) is 5.15 Å². The third-order valence-electron chi connectivity index (χ3n) is 3.21. The summed E-state index contributed by atoms with van der Waals surface area (Å²) in [4.78, 5) is 16.1. The lowest BCUT2D eigenvalue weighted by molar-refractivity contribution is -0.120. The molecule has 0 aliphatic heterocycles. The van der Waals surface area contributed by atoms with Crippen LogP contribution >= 0.6 is 27.5 Å². The van der Waals surface area contributed by atoms with Crippen molar-refractivity contribution < 1.29 is 4.79 Å². The Morgan fingerprint density at radius 3 is 2.78 bits per heavy atom. The molecule has 1 heterocycles. The zero-order valence-electron chi connectivity index (χ0n) is 9.83. The predicted molar refractivity (Wildman–Crippen MR) is 75.5 cm³/mol. The van der Waals surface area contributed by atoms with E-state index in [4.69, 9.17) is 17.3 Å². The number of pyridine rings is 1. The van der Waals surface area contributed by atoms with Crippen molar-refractivity contribution in [1.82, 2.24) is 4.98 Å². The molecule has 1 amide bonds. The fourth-order valence-electron chi connectivity index (χ4n) is 2.13. The van der Waals surface area contributed by atoms with Crippen LogP contribution in [0, 0.1) is 5.92 Å². The van der Waals surface area contributed by atoms with Crippen LogP contribution in [0.4, 0.5) is 5.69 Å². The Morgan fingerprint density at radius 2 is 2.11 bits per heavy atom. The molecule has 0 radical (unpaired) electrons. The average molecular weight is 333 g/mol. The van der Waals surface area contributed by atoms with Crippen molar-refractivity contribution >= 4 is 39.1 Å². The number of aromatic nitrogens is 1. The van der Waals surface area contributed by atoms with E-state index in [-0.39, 0.29) is 17.9 Å². The molecular formula is C12H15BrClN3O. The summed E-state index contributed by atoms with van der Waals surface area (Å²) in [5, 5.41) is 3.14. The van der Waals surface area contributed by atoms with Crippen LogP contribution in [-0.4, -0.2) is 16.9 Å². The minimum absolute atomic E-state index is 0.00343. The Morgan fingerprint density at radius 1 is 1.44 bits per heavy atom. The number of carbonyl (C=O) groups excluding carboxylic acids is 1. The summed E-state index contributed by atoms with van der Waals surface area (Å²) in [6.45, 7) is 0. The van der Waals surface area contributed by atoms with Gasteiger partial charge in [-0.25, -0.2) is 4.98 Å². The first-order chi connectivity index (χ1) is 8.56. The smallest absolute Gasteiger partial charge is 0.227 e. The minimum atomic E-state index is 0.00343. The number of carbonyl (C=O) groups is 1. The molecule has 0 bridgehead atoms. The van der Waals surface area contributed by atoms with E-state index in [1.807, 2.05) is 0 Å². The van der Waals surface area contributed by atoms with Crippen molar-refractivity contribution in [3.8, 4) is 0 Å².